The molecule has 0 aliphatic carbocycles. The van der Waals surface area contributed by atoms with E-state index in [1.54, 1.807) is 13.0 Å². The molecule has 2 aromatic rings. The summed E-state index contributed by atoms with van der Waals surface area (Å²) in [5.41, 5.74) is 0.860. The summed E-state index contributed by atoms with van der Waals surface area (Å²) in [5, 5.41) is 6.97. The highest BCUT2D eigenvalue weighted by molar-refractivity contribution is 7.91. The Hall–Kier alpha value is -2.22. The number of benzene rings is 1. The maximum absolute atomic E-state index is 13.2. The zero-order valence-electron chi connectivity index (χ0n) is 12.5. The number of hydrogen-bond donors (Lipinski definition) is 1. The number of sulfone groups is 1. The molecule has 23 heavy (non-hydrogen) atoms. The topological polar surface area (TPSA) is 81.1 Å². The van der Waals surface area contributed by atoms with Crippen LogP contribution in [0, 0.1) is 12.7 Å². The molecule has 1 aliphatic heterocycles. The lowest BCUT2D eigenvalue weighted by atomic mass is 10.2. The normalized spacial score (nSPS) is 19.7. The highest BCUT2D eigenvalue weighted by Crippen LogP contribution is 2.27. The minimum Gasteiger partial charge on any atom is -0.307 e. The molecule has 1 saturated heterocycles. The van der Waals surface area contributed by atoms with Gasteiger partial charge in [-0.1, -0.05) is 6.07 Å². The number of carbonyl (C=O) groups is 1. The van der Waals surface area contributed by atoms with Gasteiger partial charge in [0.05, 0.1) is 23.2 Å². The van der Waals surface area contributed by atoms with Gasteiger partial charge in [-0.25, -0.2) is 17.5 Å². The molecular formula is C15H16FN3O3S. The van der Waals surface area contributed by atoms with Gasteiger partial charge in [0.1, 0.15) is 11.6 Å². The van der Waals surface area contributed by atoms with Crippen LogP contribution in [0.2, 0.25) is 0 Å². The molecule has 6 nitrogen and oxygen atoms in total. The second-order valence-corrected chi connectivity index (χ2v) is 7.87. The number of aryl methyl sites for hydroxylation is 1. The number of aromatic nitrogens is 2. The first-order valence-corrected chi connectivity index (χ1v) is 9.00. The summed E-state index contributed by atoms with van der Waals surface area (Å²) < 4.78 is 38.0. The molecule has 0 bridgehead atoms. The Balaban J connectivity index is 1.85. The lowest BCUT2D eigenvalue weighted by Gasteiger charge is -2.13. The third-order valence-corrected chi connectivity index (χ3v) is 5.49. The maximum Gasteiger partial charge on any atom is 0.256 e. The third-order valence-electron chi connectivity index (χ3n) is 3.74. The second-order valence-electron chi connectivity index (χ2n) is 5.64. The Kier molecular flexibility index (Phi) is 3.93. The summed E-state index contributed by atoms with van der Waals surface area (Å²) in [4.78, 5) is 12.2. The minimum absolute atomic E-state index is 0.0109. The predicted octanol–water partition coefficient (Wildman–Crippen LogP) is 1.94. The van der Waals surface area contributed by atoms with E-state index in [0.29, 0.717) is 17.9 Å². The number of halogens is 1. The maximum atomic E-state index is 13.2. The molecule has 1 aliphatic rings. The van der Waals surface area contributed by atoms with Crippen molar-refractivity contribution in [1.82, 2.24) is 9.78 Å². The Morgan fingerprint density at radius 1 is 1.39 bits per heavy atom. The molecule has 1 atom stereocenters. The Morgan fingerprint density at radius 2 is 2.17 bits per heavy atom. The molecule has 1 aromatic heterocycles. The number of rotatable bonds is 3. The number of nitrogens with one attached hydrogen (secondary N) is 1. The summed E-state index contributed by atoms with van der Waals surface area (Å²) in [6.45, 7) is 1.76. The Morgan fingerprint density at radius 3 is 2.83 bits per heavy atom. The highest BCUT2D eigenvalue weighted by Gasteiger charge is 2.31. The van der Waals surface area contributed by atoms with E-state index in [1.807, 2.05) is 0 Å². The number of nitrogens with zero attached hydrogens (tertiary/aromatic N) is 2. The molecule has 0 saturated carbocycles. The van der Waals surface area contributed by atoms with Gasteiger partial charge in [-0.3, -0.25) is 4.79 Å². The average Bonchev–Trinajstić information content (AvgIpc) is 3.01. The molecule has 0 radical (unpaired) electrons. The van der Waals surface area contributed by atoms with E-state index in [2.05, 4.69) is 10.4 Å². The third kappa shape index (κ3) is 3.42. The molecule has 1 aromatic carbocycles. The fourth-order valence-electron chi connectivity index (χ4n) is 2.67. The SMILES string of the molecule is Cc1cc(NC(=O)c2cccc(F)c2)n([C@H]2CCS(=O)(=O)C2)n1. The van der Waals surface area contributed by atoms with Crippen LogP contribution in [0.3, 0.4) is 0 Å². The molecule has 0 spiro atoms. The van der Waals surface area contributed by atoms with Gasteiger partial charge in [0.25, 0.3) is 5.91 Å². The smallest absolute Gasteiger partial charge is 0.256 e. The number of hydrogen-bond acceptors (Lipinski definition) is 4. The summed E-state index contributed by atoms with van der Waals surface area (Å²) in [5.74, 6) is -0.417. The molecule has 1 N–H and O–H groups in total. The quantitative estimate of drug-likeness (QED) is 0.928. The van der Waals surface area contributed by atoms with Crippen LogP contribution in [-0.4, -0.2) is 35.6 Å². The fourth-order valence-corrected chi connectivity index (χ4v) is 4.37. The van der Waals surface area contributed by atoms with E-state index in [0.717, 1.165) is 6.07 Å². The van der Waals surface area contributed by atoms with Crippen LogP contribution in [0.1, 0.15) is 28.5 Å². The standard InChI is InChI=1S/C15H16FN3O3S/c1-10-7-14(17-15(20)11-3-2-4-12(16)8-11)19(18-10)13-5-6-23(21,22)9-13/h2-4,7-8,13H,5-6,9H2,1H3,(H,17,20)/t13-/m0/s1. The van der Waals surface area contributed by atoms with Crippen LogP contribution in [0.25, 0.3) is 0 Å². The lowest BCUT2D eigenvalue weighted by molar-refractivity contribution is 0.102. The molecule has 1 amide bonds. The van der Waals surface area contributed by atoms with Crippen LogP contribution in [0.4, 0.5) is 10.2 Å². The van der Waals surface area contributed by atoms with Gasteiger partial charge >= 0.3 is 0 Å². The largest absolute Gasteiger partial charge is 0.307 e. The monoisotopic (exact) mass is 337 g/mol. The van der Waals surface area contributed by atoms with Crippen molar-refractivity contribution in [3.63, 3.8) is 0 Å². The first kappa shape index (κ1) is 15.7. The van der Waals surface area contributed by atoms with Crippen molar-refractivity contribution in [2.45, 2.75) is 19.4 Å². The average molecular weight is 337 g/mol. The van der Waals surface area contributed by atoms with Gasteiger partial charge in [-0.15, -0.1) is 0 Å². The van der Waals surface area contributed by atoms with Gasteiger partial charge in [-0.05, 0) is 31.5 Å². The van der Waals surface area contributed by atoms with E-state index in [1.165, 1.54) is 22.9 Å². The van der Waals surface area contributed by atoms with Crippen LogP contribution in [0.5, 0.6) is 0 Å². The number of amides is 1. The molecular weight excluding hydrogens is 321 g/mol. The molecule has 2 heterocycles. The van der Waals surface area contributed by atoms with Crippen molar-refractivity contribution in [2.24, 2.45) is 0 Å². The molecule has 8 heteroatoms. The Bertz CT molecular complexity index is 861. The molecule has 122 valence electrons. The van der Waals surface area contributed by atoms with Crippen molar-refractivity contribution in [1.29, 1.82) is 0 Å². The van der Waals surface area contributed by atoms with Crippen LogP contribution in [0.15, 0.2) is 30.3 Å². The van der Waals surface area contributed by atoms with E-state index in [4.69, 9.17) is 0 Å². The van der Waals surface area contributed by atoms with E-state index in [9.17, 15) is 17.6 Å². The summed E-state index contributed by atoms with van der Waals surface area (Å²) in [7, 11) is -3.06. The highest BCUT2D eigenvalue weighted by atomic mass is 32.2. The molecule has 1 fully saturated rings. The second kappa shape index (κ2) is 5.77. The zero-order chi connectivity index (χ0) is 16.6. The summed E-state index contributed by atoms with van der Waals surface area (Å²) in [6.07, 6.45) is 0.465. The van der Waals surface area contributed by atoms with Crippen LogP contribution in [-0.2, 0) is 9.84 Å². The first-order chi connectivity index (χ1) is 10.8. The van der Waals surface area contributed by atoms with Gasteiger partial charge in [-0.2, -0.15) is 5.10 Å². The van der Waals surface area contributed by atoms with Crippen molar-refractivity contribution in [3.05, 3.63) is 47.4 Å². The Labute approximate surface area is 133 Å². The summed E-state index contributed by atoms with van der Waals surface area (Å²) >= 11 is 0. The van der Waals surface area contributed by atoms with Gasteiger partial charge in [0, 0.05) is 11.6 Å². The van der Waals surface area contributed by atoms with Gasteiger partial charge in [0.2, 0.25) is 0 Å². The van der Waals surface area contributed by atoms with Crippen molar-refractivity contribution in [3.8, 4) is 0 Å². The zero-order valence-corrected chi connectivity index (χ0v) is 13.3. The fraction of sp³-hybridized carbons (Fsp3) is 0.333. The predicted molar refractivity (Wildman–Crippen MR) is 83.6 cm³/mol. The van der Waals surface area contributed by atoms with Gasteiger partial charge in [0.15, 0.2) is 9.84 Å². The van der Waals surface area contributed by atoms with E-state index >= 15 is 0 Å². The van der Waals surface area contributed by atoms with E-state index < -0.39 is 21.6 Å². The summed E-state index contributed by atoms with van der Waals surface area (Å²) in [6, 6.07) is 6.73. The van der Waals surface area contributed by atoms with E-state index in [-0.39, 0.29) is 23.1 Å². The number of carbonyl (C=O) groups excluding carboxylic acids is 1. The van der Waals surface area contributed by atoms with Crippen molar-refractivity contribution in [2.75, 3.05) is 16.8 Å². The first-order valence-electron chi connectivity index (χ1n) is 7.17. The number of anilines is 1. The van der Waals surface area contributed by atoms with Crippen molar-refractivity contribution < 1.29 is 17.6 Å². The molecule has 0 unspecified atom stereocenters. The van der Waals surface area contributed by atoms with Crippen LogP contribution < -0.4 is 5.32 Å². The lowest BCUT2D eigenvalue weighted by Crippen LogP contribution is -2.19. The van der Waals surface area contributed by atoms with Crippen LogP contribution >= 0.6 is 0 Å². The van der Waals surface area contributed by atoms with Crippen molar-refractivity contribution >= 4 is 21.6 Å². The minimum atomic E-state index is -3.06. The molecule has 3 rings (SSSR count). The van der Waals surface area contributed by atoms with Gasteiger partial charge < -0.3 is 5.32 Å².